The maximum Gasteiger partial charge on any atom is 0.204 e. The van der Waals surface area contributed by atoms with Gasteiger partial charge in [-0.2, -0.15) is 0 Å². The third kappa shape index (κ3) is 2.55. The van der Waals surface area contributed by atoms with Crippen molar-refractivity contribution in [2.75, 3.05) is 13.7 Å². The Hall–Kier alpha value is -2.75. The van der Waals surface area contributed by atoms with Crippen LogP contribution in [0.5, 0.6) is 17.2 Å². The van der Waals surface area contributed by atoms with Crippen LogP contribution >= 0.6 is 0 Å². The number of phenols is 1. The quantitative estimate of drug-likeness (QED) is 0.695. The van der Waals surface area contributed by atoms with Gasteiger partial charge in [0.25, 0.3) is 0 Å². The van der Waals surface area contributed by atoms with Crippen LogP contribution in [-0.2, 0) is 6.42 Å². The van der Waals surface area contributed by atoms with Gasteiger partial charge in [-0.25, -0.2) is 0 Å². The Labute approximate surface area is 128 Å². The Balaban J connectivity index is 1.95. The normalized spacial score (nSPS) is 13.0. The highest BCUT2D eigenvalue weighted by atomic mass is 16.5. The molecule has 4 heteroatoms. The zero-order valence-electron chi connectivity index (χ0n) is 12.2. The number of aromatic hydroxyl groups is 1. The Kier molecular flexibility index (Phi) is 3.83. The SMILES string of the molecule is COc1c(O)c(C(=O)C=Cc2ccccc2)cc2c1OCC2. The average molecular weight is 296 g/mol. The van der Waals surface area contributed by atoms with Gasteiger partial charge in [-0.05, 0) is 17.7 Å². The standard InChI is InChI=1S/C18H16O4/c1-21-18-16(20)14(11-13-9-10-22-17(13)18)15(19)8-7-12-5-3-2-4-6-12/h2-8,11,20H,9-10H2,1H3. The van der Waals surface area contributed by atoms with Gasteiger partial charge >= 0.3 is 0 Å². The molecule has 1 N–H and O–H groups in total. The number of carbonyl (C=O) groups is 1. The van der Waals surface area contributed by atoms with Crippen LogP contribution in [0.15, 0.2) is 42.5 Å². The van der Waals surface area contributed by atoms with Crippen LogP contribution in [0.1, 0.15) is 21.5 Å². The number of allylic oxidation sites excluding steroid dienone is 1. The molecule has 0 saturated heterocycles. The molecule has 0 radical (unpaired) electrons. The van der Waals surface area contributed by atoms with Gasteiger partial charge in [0.2, 0.25) is 5.75 Å². The highest BCUT2D eigenvalue weighted by Crippen LogP contribution is 2.44. The van der Waals surface area contributed by atoms with E-state index in [0.29, 0.717) is 18.8 Å². The van der Waals surface area contributed by atoms with E-state index >= 15 is 0 Å². The zero-order chi connectivity index (χ0) is 15.5. The van der Waals surface area contributed by atoms with Crippen LogP contribution in [0.4, 0.5) is 0 Å². The molecule has 3 rings (SSSR count). The zero-order valence-corrected chi connectivity index (χ0v) is 12.2. The minimum atomic E-state index is -0.269. The molecule has 2 aromatic rings. The van der Waals surface area contributed by atoms with Gasteiger partial charge in [0.05, 0.1) is 19.3 Å². The fourth-order valence-corrected chi connectivity index (χ4v) is 2.49. The number of ketones is 1. The first kappa shape index (κ1) is 14.2. The fraction of sp³-hybridized carbons (Fsp3) is 0.167. The summed E-state index contributed by atoms with van der Waals surface area (Å²) in [6, 6.07) is 11.2. The number of rotatable bonds is 4. The molecule has 0 aliphatic carbocycles. The molecular weight excluding hydrogens is 280 g/mol. The van der Waals surface area contributed by atoms with E-state index in [1.54, 1.807) is 12.1 Å². The second kappa shape index (κ2) is 5.93. The predicted molar refractivity (Wildman–Crippen MR) is 83.7 cm³/mol. The number of methoxy groups -OCH3 is 1. The summed E-state index contributed by atoms with van der Waals surface area (Å²) in [5.41, 5.74) is 2.03. The van der Waals surface area contributed by atoms with E-state index in [-0.39, 0.29) is 22.8 Å². The first-order valence-corrected chi connectivity index (χ1v) is 7.04. The molecule has 0 atom stereocenters. The number of benzene rings is 2. The summed E-state index contributed by atoms with van der Waals surface area (Å²) >= 11 is 0. The van der Waals surface area contributed by atoms with Crippen molar-refractivity contribution in [3.05, 3.63) is 59.2 Å². The van der Waals surface area contributed by atoms with E-state index in [9.17, 15) is 9.90 Å². The first-order valence-electron chi connectivity index (χ1n) is 7.04. The predicted octanol–water partition coefficient (Wildman–Crippen LogP) is 3.23. The molecule has 0 unspecified atom stereocenters. The average Bonchev–Trinajstić information content (AvgIpc) is 3.01. The summed E-state index contributed by atoms with van der Waals surface area (Å²) in [7, 11) is 1.45. The van der Waals surface area contributed by atoms with Crippen molar-refractivity contribution in [3.63, 3.8) is 0 Å². The number of hydrogen-bond acceptors (Lipinski definition) is 4. The minimum Gasteiger partial charge on any atom is -0.504 e. The lowest BCUT2D eigenvalue weighted by molar-refractivity contribution is 0.104. The number of fused-ring (bicyclic) bond motifs is 1. The summed E-state index contributed by atoms with van der Waals surface area (Å²) in [4.78, 5) is 12.4. The van der Waals surface area contributed by atoms with Gasteiger partial charge in [0.15, 0.2) is 17.3 Å². The van der Waals surface area contributed by atoms with E-state index in [0.717, 1.165) is 11.1 Å². The van der Waals surface area contributed by atoms with Crippen LogP contribution in [0.3, 0.4) is 0 Å². The third-order valence-electron chi connectivity index (χ3n) is 3.60. The molecule has 0 bridgehead atoms. The lowest BCUT2D eigenvalue weighted by atomic mass is 10.0. The summed E-state index contributed by atoms with van der Waals surface area (Å²) < 4.78 is 10.6. The van der Waals surface area contributed by atoms with Gasteiger partial charge in [0.1, 0.15) is 0 Å². The van der Waals surface area contributed by atoms with Crippen LogP contribution in [-0.4, -0.2) is 24.6 Å². The molecule has 4 nitrogen and oxygen atoms in total. The Morgan fingerprint density at radius 1 is 1.32 bits per heavy atom. The van der Waals surface area contributed by atoms with E-state index in [4.69, 9.17) is 9.47 Å². The van der Waals surface area contributed by atoms with Crippen LogP contribution < -0.4 is 9.47 Å². The molecular formula is C18H16O4. The second-order valence-electron chi connectivity index (χ2n) is 5.00. The summed E-state index contributed by atoms with van der Waals surface area (Å²) in [6.07, 6.45) is 3.87. The molecule has 1 heterocycles. The van der Waals surface area contributed by atoms with Gasteiger partial charge in [0, 0.05) is 12.0 Å². The Morgan fingerprint density at radius 3 is 2.82 bits per heavy atom. The maximum absolute atomic E-state index is 12.4. The molecule has 0 fully saturated rings. The van der Waals surface area contributed by atoms with Crippen molar-refractivity contribution < 1.29 is 19.4 Å². The van der Waals surface area contributed by atoms with Crippen molar-refractivity contribution in [3.8, 4) is 17.2 Å². The number of ether oxygens (including phenoxy) is 2. The summed E-state index contributed by atoms with van der Waals surface area (Å²) in [5, 5.41) is 10.3. The van der Waals surface area contributed by atoms with E-state index in [2.05, 4.69) is 0 Å². The third-order valence-corrected chi connectivity index (χ3v) is 3.60. The maximum atomic E-state index is 12.4. The van der Waals surface area contributed by atoms with E-state index in [1.165, 1.54) is 13.2 Å². The second-order valence-corrected chi connectivity index (χ2v) is 5.00. The Bertz CT molecular complexity index is 732. The molecule has 0 aromatic heterocycles. The summed E-state index contributed by atoms with van der Waals surface area (Å²) in [5.74, 6) is 0.315. The molecule has 0 saturated carbocycles. The molecule has 0 amide bonds. The van der Waals surface area contributed by atoms with Gasteiger partial charge in [-0.3, -0.25) is 4.79 Å². The van der Waals surface area contributed by atoms with E-state index < -0.39 is 0 Å². The molecule has 112 valence electrons. The highest BCUT2D eigenvalue weighted by Gasteiger charge is 2.25. The number of hydrogen-bond donors (Lipinski definition) is 1. The van der Waals surface area contributed by atoms with Crippen LogP contribution in [0, 0.1) is 0 Å². The molecule has 22 heavy (non-hydrogen) atoms. The monoisotopic (exact) mass is 296 g/mol. The lowest BCUT2D eigenvalue weighted by Gasteiger charge is -2.11. The Morgan fingerprint density at radius 2 is 2.09 bits per heavy atom. The highest BCUT2D eigenvalue weighted by molar-refractivity contribution is 6.09. The minimum absolute atomic E-state index is 0.175. The number of phenolic OH excluding ortho intramolecular Hbond substituents is 1. The van der Waals surface area contributed by atoms with Crippen molar-refractivity contribution in [2.24, 2.45) is 0 Å². The van der Waals surface area contributed by atoms with Crippen molar-refractivity contribution in [1.29, 1.82) is 0 Å². The smallest absolute Gasteiger partial charge is 0.204 e. The van der Waals surface area contributed by atoms with Crippen molar-refractivity contribution in [2.45, 2.75) is 6.42 Å². The molecule has 1 aliphatic rings. The topological polar surface area (TPSA) is 55.8 Å². The lowest BCUT2D eigenvalue weighted by Crippen LogP contribution is -1.99. The fourth-order valence-electron chi connectivity index (χ4n) is 2.49. The number of carbonyl (C=O) groups excluding carboxylic acids is 1. The van der Waals surface area contributed by atoms with Crippen molar-refractivity contribution >= 4 is 11.9 Å². The van der Waals surface area contributed by atoms with E-state index in [1.807, 2.05) is 30.3 Å². The molecule has 1 aliphatic heterocycles. The van der Waals surface area contributed by atoms with Gasteiger partial charge in [-0.15, -0.1) is 0 Å². The largest absolute Gasteiger partial charge is 0.504 e. The van der Waals surface area contributed by atoms with Crippen LogP contribution in [0.25, 0.3) is 6.08 Å². The van der Waals surface area contributed by atoms with Crippen LogP contribution in [0.2, 0.25) is 0 Å². The molecule has 0 spiro atoms. The van der Waals surface area contributed by atoms with Gasteiger partial charge < -0.3 is 14.6 Å². The first-order chi connectivity index (χ1) is 10.7. The summed E-state index contributed by atoms with van der Waals surface area (Å²) in [6.45, 7) is 0.530. The van der Waals surface area contributed by atoms with Gasteiger partial charge in [-0.1, -0.05) is 36.4 Å². The molecule has 2 aromatic carbocycles. The van der Waals surface area contributed by atoms with Crippen molar-refractivity contribution in [1.82, 2.24) is 0 Å².